The summed E-state index contributed by atoms with van der Waals surface area (Å²) in [6, 6.07) is 15.8. The van der Waals surface area contributed by atoms with E-state index >= 15 is 0 Å². The topological polar surface area (TPSA) is 61.4 Å². The van der Waals surface area contributed by atoms with Crippen LogP contribution in [0.25, 0.3) is 0 Å². The SMILES string of the molecule is Cc1c(Cl)cccc1NC(=O)C(=O)NCC(c1ccsc1)N1CCc2ccccc2C1. The van der Waals surface area contributed by atoms with Gasteiger partial charge in [0.2, 0.25) is 0 Å². The summed E-state index contributed by atoms with van der Waals surface area (Å²) in [5, 5.41) is 10.2. The van der Waals surface area contributed by atoms with Gasteiger partial charge in [0.15, 0.2) is 0 Å². The molecule has 2 amide bonds. The van der Waals surface area contributed by atoms with Crippen molar-refractivity contribution in [3.63, 3.8) is 0 Å². The predicted octanol–water partition coefficient (Wildman–Crippen LogP) is 4.56. The average Bonchev–Trinajstić information content (AvgIpc) is 3.31. The summed E-state index contributed by atoms with van der Waals surface area (Å²) in [5.41, 5.74) is 5.11. The van der Waals surface area contributed by atoms with E-state index in [4.69, 9.17) is 11.6 Å². The maximum absolute atomic E-state index is 12.5. The highest BCUT2D eigenvalue weighted by atomic mass is 35.5. The first kappa shape index (κ1) is 21.6. The molecule has 160 valence electrons. The summed E-state index contributed by atoms with van der Waals surface area (Å²) in [6.07, 6.45) is 0.972. The smallest absolute Gasteiger partial charge is 0.313 e. The number of benzene rings is 2. The number of rotatable bonds is 5. The average molecular weight is 454 g/mol. The first-order chi connectivity index (χ1) is 15.0. The summed E-state index contributed by atoms with van der Waals surface area (Å²) in [6.45, 7) is 3.89. The van der Waals surface area contributed by atoms with Crippen LogP contribution >= 0.6 is 22.9 Å². The number of anilines is 1. The Morgan fingerprint density at radius 1 is 1.10 bits per heavy atom. The molecule has 4 rings (SSSR count). The van der Waals surface area contributed by atoms with Gasteiger partial charge >= 0.3 is 11.8 Å². The highest BCUT2D eigenvalue weighted by Gasteiger charge is 2.26. The van der Waals surface area contributed by atoms with Crippen molar-refractivity contribution in [2.24, 2.45) is 0 Å². The molecule has 0 saturated heterocycles. The maximum Gasteiger partial charge on any atom is 0.313 e. The van der Waals surface area contributed by atoms with Crippen LogP contribution in [-0.4, -0.2) is 29.8 Å². The molecule has 0 aliphatic carbocycles. The number of halogens is 1. The number of hydrogen-bond donors (Lipinski definition) is 2. The first-order valence-electron chi connectivity index (χ1n) is 10.2. The van der Waals surface area contributed by atoms with Gasteiger partial charge in [-0.1, -0.05) is 41.9 Å². The summed E-state index contributed by atoms with van der Waals surface area (Å²) in [4.78, 5) is 27.3. The normalized spacial score (nSPS) is 14.5. The number of carbonyl (C=O) groups is 2. The molecule has 1 aliphatic heterocycles. The molecule has 0 radical (unpaired) electrons. The molecular weight excluding hydrogens is 430 g/mol. The molecule has 0 spiro atoms. The van der Waals surface area contributed by atoms with Crippen LogP contribution in [0.2, 0.25) is 5.02 Å². The second kappa shape index (κ2) is 9.64. The Kier molecular flexibility index (Phi) is 6.70. The standard InChI is InChI=1S/C24H24ClN3O2S/c1-16-20(25)7-4-8-21(16)27-24(30)23(29)26-13-22(19-10-12-31-15-19)28-11-9-17-5-2-3-6-18(17)14-28/h2-8,10,12,15,22H,9,11,13-14H2,1H3,(H,26,29)(H,27,30). The number of carbonyl (C=O) groups excluding carboxylic acids is 2. The summed E-state index contributed by atoms with van der Waals surface area (Å²) in [5.74, 6) is -1.35. The maximum atomic E-state index is 12.5. The quantitative estimate of drug-likeness (QED) is 0.556. The minimum atomic E-state index is -0.696. The number of thiophene rings is 1. The Morgan fingerprint density at radius 3 is 2.68 bits per heavy atom. The molecule has 1 aromatic heterocycles. The molecule has 0 bridgehead atoms. The van der Waals surface area contributed by atoms with Gasteiger partial charge in [-0.2, -0.15) is 11.3 Å². The lowest BCUT2D eigenvalue weighted by Crippen LogP contribution is -2.43. The molecule has 1 unspecified atom stereocenters. The van der Waals surface area contributed by atoms with Gasteiger partial charge in [0, 0.05) is 30.3 Å². The lowest BCUT2D eigenvalue weighted by atomic mass is 9.97. The van der Waals surface area contributed by atoms with Gasteiger partial charge in [0.25, 0.3) is 0 Å². The Morgan fingerprint density at radius 2 is 1.90 bits per heavy atom. The molecule has 31 heavy (non-hydrogen) atoms. The number of amides is 2. The van der Waals surface area contributed by atoms with Crippen molar-refractivity contribution in [3.8, 4) is 0 Å². The predicted molar refractivity (Wildman–Crippen MR) is 125 cm³/mol. The molecule has 7 heteroatoms. The van der Waals surface area contributed by atoms with Gasteiger partial charge in [-0.3, -0.25) is 14.5 Å². The van der Waals surface area contributed by atoms with Crippen molar-refractivity contribution in [3.05, 3.63) is 86.6 Å². The van der Waals surface area contributed by atoms with Crippen LogP contribution in [0.3, 0.4) is 0 Å². The van der Waals surface area contributed by atoms with Crippen molar-refractivity contribution in [1.29, 1.82) is 0 Å². The van der Waals surface area contributed by atoms with Crippen LogP contribution in [0.5, 0.6) is 0 Å². The third-order valence-corrected chi connectivity index (χ3v) is 6.82. The molecule has 1 atom stereocenters. The van der Waals surface area contributed by atoms with Gasteiger partial charge < -0.3 is 10.6 Å². The highest BCUT2D eigenvalue weighted by Crippen LogP contribution is 2.29. The Hall–Kier alpha value is -2.67. The Balaban J connectivity index is 1.43. The lowest BCUT2D eigenvalue weighted by molar-refractivity contribution is -0.136. The van der Waals surface area contributed by atoms with E-state index in [0.717, 1.165) is 30.6 Å². The highest BCUT2D eigenvalue weighted by molar-refractivity contribution is 7.08. The molecule has 2 aromatic carbocycles. The van der Waals surface area contributed by atoms with E-state index in [-0.39, 0.29) is 6.04 Å². The van der Waals surface area contributed by atoms with Crippen molar-refractivity contribution in [2.45, 2.75) is 25.9 Å². The van der Waals surface area contributed by atoms with Crippen LogP contribution in [0.15, 0.2) is 59.3 Å². The van der Waals surface area contributed by atoms with Gasteiger partial charge in [-0.15, -0.1) is 0 Å². The third kappa shape index (κ3) is 4.98. The van der Waals surface area contributed by atoms with E-state index in [2.05, 4.69) is 51.2 Å². The van der Waals surface area contributed by atoms with E-state index in [9.17, 15) is 9.59 Å². The summed E-state index contributed by atoms with van der Waals surface area (Å²) < 4.78 is 0. The first-order valence-corrected chi connectivity index (χ1v) is 11.5. The molecule has 5 nitrogen and oxygen atoms in total. The van der Waals surface area contributed by atoms with E-state index < -0.39 is 11.8 Å². The fourth-order valence-electron chi connectivity index (χ4n) is 3.90. The Labute approximate surface area is 191 Å². The molecule has 2 N–H and O–H groups in total. The van der Waals surface area contributed by atoms with Gasteiger partial charge in [0.05, 0.1) is 6.04 Å². The summed E-state index contributed by atoms with van der Waals surface area (Å²) >= 11 is 7.73. The van der Waals surface area contributed by atoms with Crippen molar-refractivity contribution < 1.29 is 9.59 Å². The number of fused-ring (bicyclic) bond motifs is 1. The van der Waals surface area contributed by atoms with E-state index in [0.29, 0.717) is 17.3 Å². The second-order valence-electron chi connectivity index (χ2n) is 7.64. The van der Waals surface area contributed by atoms with Gasteiger partial charge in [-0.25, -0.2) is 0 Å². The zero-order valence-electron chi connectivity index (χ0n) is 17.2. The van der Waals surface area contributed by atoms with Crippen molar-refractivity contribution in [1.82, 2.24) is 10.2 Å². The second-order valence-corrected chi connectivity index (χ2v) is 8.83. The van der Waals surface area contributed by atoms with Crippen LogP contribution in [-0.2, 0) is 22.6 Å². The molecular formula is C24H24ClN3O2S. The monoisotopic (exact) mass is 453 g/mol. The number of hydrogen-bond acceptors (Lipinski definition) is 4. The largest absolute Gasteiger partial charge is 0.346 e. The molecule has 0 fully saturated rings. The number of nitrogens with zero attached hydrogens (tertiary/aromatic N) is 1. The zero-order valence-corrected chi connectivity index (χ0v) is 18.8. The zero-order chi connectivity index (χ0) is 21.8. The minimum absolute atomic E-state index is 0.00395. The van der Waals surface area contributed by atoms with Crippen LogP contribution < -0.4 is 10.6 Å². The molecule has 0 saturated carbocycles. The van der Waals surface area contributed by atoms with E-state index in [1.807, 2.05) is 5.38 Å². The van der Waals surface area contributed by atoms with Crippen molar-refractivity contribution in [2.75, 3.05) is 18.4 Å². The third-order valence-electron chi connectivity index (χ3n) is 5.71. The van der Waals surface area contributed by atoms with Crippen LogP contribution in [0, 0.1) is 6.92 Å². The number of nitrogens with one attached hydrogen (secondary N) is 2. The fourth-order valence-corrected chi connectivity index (χ4v) is 4.78. The van der Waals surface area contributed by atoms with Gasteiger partial charge in [-0.05, 0) is 64.6 Å². The fraction of sp³-hybridized carbons (Fsp3) is 0.250. The minimum Gasteiger partial charge on any atom is -0.346 e. The van der Waals surface area contributed by atoms with Crippen molar-refractivity contribution >= 4 is 40.4 Å². The molecule has 3 aromatic rings. The van der Waals surface area contributed by atoms with Crippen LogP contribution in [0.4, 0.5) is 5.69 Å². The molecule has 1 aliphatic rings. The lowest BCUT2D eigenvalue weighted by Gasteiger charge is -2.35. The molecule has 2 heterocycles. The van der Waals surface area contributed by atoms with Crippen LogP contribution in [0.1, 0.15) is 28.3 Å². The van der Waals surface area contributed by atoms with Gasteiger partial charge in [0.1, 0.15) is 0 Å². The van der Waals surface area contributed by atoms with E-state index in [1.54, 1.807) is 36.5 Å². The Bertz CT molecular complexity index is 1080. The van der Waals surface area contributed by atoms with E-state index in [1.165, 1.54) is 11.1 Å². The summed E-state index contributed by atoms with van der Waals surface area (Å²) in [7, 11) is 0.